The normalized spacial score (nSPS) is 11.2. The summed E-state index contributed by atoms with van der Waals surface area (Å²) in [5, 5.41) is 0. The number of nitrogens with one attached hydrogen (secondary N) is 1. The highest BCUT2D eigenvalue weighted by atomic mass is 32.2. The summed E-state index contributed by atoms with van der Waals surface area (Å²) >= 11 is 0. The Bertz CT molecular complexity index is 740. The first-order valence-electron chi connectivity index (χ1n) is 7.11. The molecule has 4 nitrogen and oxygen atoms in total. The zero-order valence-corrected chi connectivity index (χ0v) is 13.9. The molecular formula is C17H21NO3S. The molecule has 0 unspecified atom stereocenters. The standard InChI is InChI=1S/C17H21NO3S/c1-13-11-14(2)17(16(12-13)21-3)18-22(19,20)10-9-15-7-5-4-6-8-15/h4-8,11-12,18H,9-10H2,1-3H3. The van der Waals surface area contributed by atoms with Gasteiger partial charge in [-0.3, -0.25) is 4.72 Å². The summed E-state index contributed by atoms with van der Waals surface area (Å²) in [6.45, 7) is 3.81. The van der Waals surface area contributed by atoms with E-state index < -0.39 is 10.0 Å². The van der Waals surface area contributed by atoms with Gasteiger partial charge in [0.2, 0.25) is 10.0 Å². The Balaban J connectivity index is 2.15. The molecule has 0 radical (unpaired) electrons. The molecule has 0 bridgehead atoms. The molecule has 5 heteroatoms. The highest BCUT2D eigenvalue weighted by molar-refractivity contribution is 7.92. The van der Waals surface area contributed by atoms with Crippen LogP contribution in [0.25, 0.3) is 0 Å². The largest absolute Gasteiger partial charge is 0.495 e. The fraction of sp³-hybridized carbons (Fsp3) is 0.294. The lowest BCUT2D eigenvalue weighted by molar-refractivity contribution is 0.416. The summed E-state index contributed by atoms with van der Waals surface area (Å²) in [5.74, 6) is 0.578. The molecule has 0 fully saturated rings. The van der Waals surface area contributed by atoms with Crippen molar-refractivity contribution in [1.82, 2.24) is 0 Å². The molecule has 0 aliphatic carbocycles. The molecule has 0 heterocycles. The number of methoxy groups -OCH3 is 1. The smallest absolute Gasteiger partial charge is 0.233 e. The van der Waals surface area contributed by atoms with Crippen LogP contribution >= 0.6 is 0 Å². The topological polar surface area (TPSA) is 55.4 Å². The van der Waals surface area contributed by atoms with Crippen LogP contribution in [0.1, 0.15) is 16.7 Å². The van der Waals surface area contributed by atoms with Crippen LogP contribution < -0.4 is 9.46 Å². The van der Waals surface area contributed by atoms with E-state index in [0.29, 0.717) is 17.9 Å². The van der Waals surface area contributed by atoms with Crippen molar-refractivity contribution in [2.24, 2.45) is 0 Å². The maximum atomic E-state index is 12.3. The minimum Gasteiger partial charge on any atom is -0.495 e. The van der Waals surface area contributed by atoms with Crippen molar-refractivity contribution in [2.75, 3.05) is 17.6 Å². The number of hydrogen-bond acceptors (Lipinski definition) is 3. The Hall–Kier alpha value is -2.01. The van der Waals surface area contributed by atoms with Gasteiger partial charge in [0.05, 0.1) is 18.6 Å². The summed E-state index contributed by atoms with van der Waals surface area (Å²) in [6.07, 6.45) is 0.476. The van der Waals surface area contributed by atoms with Gasteiger partial charge in [-0.2, -0.15) is 0 Å². The predicted octanol–water partition coefficient (Wildman–Crippen LogP) is 3.30. The SMILES string of the molecule is COc1cc(C)cc(C)c1NS(=O)(=O)CCc1ccccc1. The fourth-order valence-corrected chi connectivity index (χ4v) is 3.50. The zero-order valence-electron chi connectivity index (χ0n) is 13.1. The van der Waals surface area contributed by atoms with Crippen molar-refractivity contribution in [1.29, 1.82) is 0 Å². The monoisotopic (exact) mass is 319 g/mol. The molecule has 2 rings (SSSR count). The van der Waals surface area contributed by atoms with E-state index in [-0.39, 0.29) is 5.75 Å². The van der Waals surface area contributed by atoms with Crippen molar-refractivity contribution in [2.45, 2.75) is 20.3 Å². The van der Waals surface area contributed by atoms with Gasteiger partial charge in [0.25, 0.3) is 0 Å². The third-order valence-corrected chi connectivity index (χ3v) is 4.68. The second-order valence-electron chi connectivity index (χ2n) is 5.32. The van der Waals surface area contributed by atoms with E-state index in [1.165, 1.54) is 7.11 Å². The average Bonchev–Trinajstić information content (AvgIpc) is 2.49. The van der Waals surface area contributed by atoms with E-state index in [4.69, 9.17) is 4.74 Å². The number of anilines is 1. The maximum absolute atomic E-state index is 12.3. The summed E-state index contributed by atoms with van der Waals surface area (Å²) < 4.78 is 32.6. The molecule has 0 aliphatic rings. The van der Waals surface area contributed by atoms with E-state index >= 15 is 0 Å². The molecule has 2 aromatic carbocycles. The van der Waals surface area contributed by atoms with Gasteiger partial charge in [0.15, 0.2) is 0 Å². The highest BCUT2D eigenvalue weighted by Gasteiger charge is 2.16. The number of aryl methyl sites for hydroxylation is 3. The second-order valence-corrected chi connectivity index (χ2v) is 7.16. The molecule has 0 aromatic heterocycles. The number of sulfonamides is 1. The lowest BCUT2D eigenvalue weighted by Gasteiger charge is -2.15. The Kier molecular flexibility index (Phi) is 5.08. The van der Waals surface area contributed by atoms with Gasteiger partial charge in [0, 0.05) is 0 Å². The number of benzene rings is 2. The Morgan fingerprint density at radius 2 is 1.77 bits per heavy atom. The Morgan fingerprint density at radius 3 is 2.41 bits per heavy atom. The zero-order chi connectivity index (χ0) is 16.2. The van der Waals surface area contributed by atoms with Gasteiger partial charge >= 0.3 is 0 Å². The van der Waals surface area contributed by atoms with Crippen LogP contribution in [0.15, 0.2) is 42.5 Å². The molecule has 1 N–H and O–H groups in total. The summed E-state index contributed by atoms with van der Waals surface area (Å²) in [5.41, 5.74) is 3.39. The minimum atomic E-state index is -3.43. The van der Waals surface area contributed by atoms with Crippen LogP contribution in [-0.4, -0.2) is 21.3 Å². The molecule has 118 valence electrons. The minimum absolute atomic E-state index is 0.0352. The van der Waals surface area contributed by atoms with Crippen molar-refractivity contribution >= 4 is 15.7 Å². The summed E-state index contributed by atoms with van der Waals surface area (Å²) in [7, 11) is -1.89. The highest BCUT2D eigenvalue weighted by Crippen LogP contribution is 2.30. The lowest BCUT2D eigenvalue weighted by atomic mass is 10.1. The van der Waals surface area contributed by atoms with E-state index in [0.717, 1.165) is 16.7 Å². The van der Waals surface area contributed by atoms with E-state index in [1.54, 1.807) is 0 Å². The maximum Gasteiger partial charge on any atom is 0.233 e. The van der Waals surface area contributed by atoms with Crippen molar-refractivity contribution in [3.05, 3.63) is 59.2 Å². The first-order valence-corrected chi connectivity index (χ1v) is 8.76. The van der Waals surface area contributed by atoms with Gasteiger partial charge < -0.3 is 4.74 Å². The molecule has 0 aliphatic heterocycles. The molecular weight excluding hydrogens is 298 g/mol. The Labute approximate surface area is 132 Å². The van der Waals surface area contributed by atoms with Crippen LogP contribution in [-0.2, 0) is 16.4 Å². The summed E-state index contributed by atoms with van der Waals surface area (Å²) in [6, 6.07) is 13.3. The van der Waals surface area contributed by atoms with Gasteiger partial charge in [0.1, 0.15) is 5.75 Å². The van der Waals surface area contributed by atoms with E-state index in [1.807, 2.05) is 56.3 Å². The quantitative estimate of drug-likeness (QED) is 0.889. The Morgan fingerprint density at radius 1 is 1.09 bits per heavy atom. The van der Waals surface area contributed by atoms with Gasteiger partial charge in [-0.25, -0.2) is 8.42 Å². The number of hydrogen-bond donors (Lipinski definition) is 1. The van der Waals surface area contributed by atoms with E-state index in [9.17, 15) is 8.42 Å². The third kappa shape index (κ3) is 4.24. The van der Waals surface area contributed by atoms with Crippen LogP contribution in [0.3, 0.4) is 0 Å². The van der Waals surface area contributed by atoms with Gasteiger partial charge in [-0.15, -0.1) is 0 Å². The van der Waals surface area contributed by atoms with Crippen molar-refractivity contribution < 1.29 is 13.2 Å². The van der Waals surface area contributed by atoms with E-state index in [2.05, 4.69) is 4.72 Å². The van der Waals surface area contributed by atoms with Crippen molar-refractivity contribution in [3.63, 3.8) is 0 Å². The molecule has 0 atom stereocenters. The van der Waals surface area contributed by atoms with Crippen LogP contribution in [0.2, 0.25) is 0 Å². The molecule has 0 amide bonds. The number of ether oxygens (including phenoxy) is 1. The first kappa shape index (κ1) is 16.4. The number of rotatable bonds is 6. The van der Waals surface area contributed by atoms with Crippen LogP contribution in [0, 0.1) is 13.8 Å². The molecule has 22 heavy (non-hydrogen) atoms. The molecule has 2 aromatic rings. The van der Waals surface area contributed by atoms with Gasteiger partial charge in [-0.05, 0) is 43.0 Å². The van der Waals surface area contributed by atoms with Crippen molar-refractivity contribution in [3.8, 4) is 5.75 Å². The molecule has 0 spiro atoms. The first-order chi connectivity index (χ1) is 10.4. The second kappa shape index (κ2) is 6.83. The molecule has 0 saturated heterocycles. The third-order valence-electron chi connectivity index (χ3n) is 3.42. The van der Waals surface area contributed by atoms with Crippen LogP contribution in [0.4, 0.5) is 5.69 Å². The van der Waals surface area contributed by atoms with Gasteiger partial charge in [-0.1, -0.05) is 36.4 Å². The average molecular weight is 319 g/mol. The fourth-order valence-electron chi connectivity index (χ4n) is 2.32. The van der Waals surface area contributed by atoms with Crippen LogP contribution in [0.5, 0.6) is 5.75 Å². The predicted molar refractivity (Wildman–Crippen MR) is 90.0 cm³/mol. The summed E-state index contributed by atoms with van der Waals surface area (Å²) in [4.78, 5) is 0. The lowest BCUT2D eigenvalue weighted by Crippen LogP contribution is -2.19. The molecule has 0 saturated carbocycles.